The van der Waals surface area contributed by atoms with Gasteiger partial charge in [-0.2, -0.15) is 5.10 Å². The Hall–Kier alpha value is -3.88. The molecular formula is C23H23N3O6. The maximum absolute atomic E-state index is 12.4. The van der Waals surface area contributed by atoms with Crippen molar-refractivity contribution in [3.05, 3.63) is 59.0 Å². The number of fused-ring (bicyclic) bond motifs is 1. The molecule has 9 nitrogen and oxygen atoms in total. The molecular weight excluding hydrogens is 414 g/mol. The van der Waals surface area contributed by atoms with Gasteiger partial charge in [-0.3, -0.25) is 9.59 Å². The minimum absolute atomic E-state index is 0.0903. The van der Waals surface area contributed by atoms with Crippen LogP contribution in [0.1, 0.15) is 46.6 Å². The molecule has 1 unspecified atom stereocenters. The number of carbonyl (C=O) groups is 3. The minimum atomic E-state index is -0.426. The van der Waals surface area contributed by atoms with E-state index in [-0.39, 0.29) is 31.4 Å². The molecule has 1 aliphatic rings. The Bertz CT molecular complexity index is 1180. The highest BCUT2D eigenvalue weighted by molar-refractivity contribution is 5.95. The molecule has 0 saturated carbocycles. The number of esters is 2. The van der Waals surface area contributed by atoms with Crippen molar-refractivity contribution >= 4 is 23.7 Å². The third-order valence-electron chi connectivity index (χ3n) is 5.31. The van der Waals surface area contributed by atoms with Gasteiger partial charge in [-0.15, -0.1) is 0 Å². The largest absolute Gasteiger partial charge is 0.465 e. The lowest BCUT2D eigenvalue weighted by molar-refractivity contribution is -0.144. The summed E-state index contributed by atoms with van der Waals surface area (Å²) in [6.07, 6.45) is 0.202. The van der Waals surface area contributed by atoms with Gasteiger partial charge in [0.15, 0.2) is 0 Å². The molecule has 0 aliphatic carbocycles. The van der Waals surface area contributed by atoms with Gasteiger partial charge in [0.1, 0.15) is 23.9 Å². The van der Waals surface area contributed by atoms with Crippen LogP contribution in [0, 0.1) is 6.92 Å². The number of furan rings is 1. The Morgan fingerprint density at radius 1 is 1.22 bits per heavy atom. The summed E-state index contributed by atoms with van der Waals surface area (Å²) in [5.74, 6) is 0.355. The summed E-state index contributed by atoms with van der Waals surface area (Å²) in [4.78, 5) is 36.0. The minimum Gasteiger partial charge on any atom is -0.465 e. The number of amides is 1. The van der Waals surface area contributed by atoms with Gasteiger partial charge in [-0.1, -0.05) is 12.1 Å². The normalized spacial score (nSPS) is 15.1. The van der Waals surface area contributed by atoms with E-state index in [9.17, 15) is 14.4 Å². The van der Waals surface area contributed by atoms with Crippen molar-refractivity contribution in [2.75, 3.05) is 19.0 Å². The first kappa shape index (κ1) is 21.4. The summed E-state index contributed by atoms with van der Waals surface area (Å²) in [7, 11) is 1.33. The number of nitrogens with one attached hydrogen (secondary N) is 1. The van der Waals surface area contributed by atoms with Gasteiger partial charge in [0.2, 0.25) is 5.91 Å². The molecule has 3 heterocycles. The number of hydrogen-bond donors (Lipinski definition) is 1. The smallest absolute Gasteiger partial charge is 0.337 e. The van der Waals surface area contributed by atoms with Crippen LogP contribution < -0.4 is 5.32 Å². The van der Waals surface area contributed by atoms with Gasteiger partial charge in [0.25, 0.3) is 0 Å². The van der Waals surface area contributed by atoms with E-state index in [0.717, 1.165) is 11.1 Å². The molecule has 1 atom stereocenters. The Kier molecular flexibility index (Phi) is 5.81. The Labute approximate surface area is 184 Å². The van der Waals surface area contributed by atoms with Crippen molar-refractivity contribution in [3.63, 3.8) is 0 Å². The van der Waals surface area contributed by atoms with E-state index in [1.165, 1.54) is 11.8 Å². The highest BCUT2D eigenvalue weighted by Gasteiger charge is 2.34. The highest BCUT2D eigenvalue weighted by Crippen LogP contribution is 2.40. The number of rotatable bonds is 6. The molecule has 4 rings (SSSR count). The molecule has 0 saturated heterocycles. The van der Waals surface area contributed by atoms with Crippen molar-refractivity contribution < 1.29 is 28.3 Å². The average Bonchev–Trinajstić information content (AvgIpc) is 3.38. The second kappa shape index (κ2) is 8.70. The monoisotopic (exact) mass is 437 g/mol. The number of carbonyl (C=O) groups excluding carboxylic acids is 3. The second-order valence-corrected chi connectivity index (χ2v) is 7.39. The average molecular weight is 437 g/mol. The number of methoxy groups -OCH3 is 1. The van der Waals surface area contributed by atoms with Crippen molar-refractivity contribution in [1.82, 2.24) is 9.78 Å². The number of nitrogens with zero attached hydrogens (tertiary/aromatic N) is 2. The van der Waals surface area contributed by atoms with E-state index < -0.39 is 11.9 Å². The third-order valence-corrected chi connectivity index (χ3v) is 5.31. The lowest BCUT2D eigenvalue weighted by Crippen LogP contribution is -2.26. The quantitative estimate of drug-likeness (QED) is 0.589. The first-order chi connectivity index (χ1) is 15.4. The topological polar surface area (TPSA) is 113 Å². The first-order valence-corrected chi connectivity index (χ1v) is 10.2. The molecule has 1 N–H and O–H groups in total. The third kappa shape index (κ3) is 4.01. The fourth-order valence-corrected chi connectivity index (χ4v) is 3.88. The zero-order valence-corrected chi connectivity index (χ0v) is 18.0. The van der Waals surface area contributed by atoms with Crippen LogP contribution in [-0.2, 0) is 25.6 Å². The van der Waals surface area contributed by atoms with E-state index in [2.05, 4.69) is 10.4 Å². The molecule has 1 amide bonds. The van der Waals surface area contributed by atoms with Crippen LogP contribution in [0.2, 0.25) is 0 Å². The van der Waals surface area contributed by atoms with E-state index >= 15 is 0 Å². The number of benzene rings is 1. The van der Waals surface area contributed by atoms with Gasteiger partial charge in [0.05, 0.1) is 30.9 Å². The zero-order chi connectivity index (χ0) is 22.8. The van der Waals surface area contributed by atoms with Crippen LogP contribution in [0.4, 0.5) is 5.82 Å². The van der Waals surface area contributed by atoms with Crippen LogP contribution in [0.15, 0.2) is 40.8 Å². The molecule has 0 radical (unpaired) electrons. The summed E-state index contributed by atoms with van der Waals surface area (Å²) in [5.41, 5.74) is 2.76. The number of aromatic nitrogens is 2. The summed E-state index contributed by atoms with van der Waals surface area (Å²) in [5, 5.41) is 7.27. The molecule has 9 heteroatoms. The van der Waals surface area contributed by atoms with Gasteiger partial charge < -0.3 is 19.2 Å². The number of hydrogen-bond acceptors (Lipinski definition) is 7. The highest BCUT2D eigenvalue weighted by atomic mass is 16.5. The SMILES string of the molecule is CCOC(=O)Cn1nc(C)c2c1NC(=O)CC2c1ccc(-c2ccc(C(=O)OC)cc2)o1. The maximum atomic E-state index is 12.4. The second-order valence-electron chi connectivity index (χ2n) is 7.39. The van der Waals surface area contributed by atoms with Crippen molar-refractivity contribution in [2.24, 2.45) is 0 Å². The van der Waals surface area contributed by atoms with Crippen LogP contribution >= 0.6 is 0 Å². The standard InChI is InChI=1S/C23H23N3O6/c1-4-31-20(28)12-26-22-21(13(2)25-26)16(11-19(27)24-22)18-10-9-17(32-18)14-5-7-15(8-6-14)23(29)30-3/h5-10,16H,4,11-12H2,1-3H3,(H,24,27). The fraction of sp³-hybridized carbons (Fsp3) is 0.304. The van der Waals surface area contributed by atoms with E-state index in [4.69, 9.17) is 13.9 Å². The predicted molar refractivity (Wildman–Crippen MR) is 114 cm³/mol. The predicted octanol–water partition coefficient (Wildman–Crippen LogP) is 3.28. The van der Waals surface area contributed by atoms with Crippen LogP contribution in [0.5, 0.6) is 0 Å². The van der Waals surface area contributed by atoms with Gasteiger partial charge >= 0.3 is 11.9 Å². The molecule has 0 spiro atoms. The van der Waals surface area contributed by atoms with E-state index in [1.807, 2.05) is 19.1 Å². The Morgan fingerprint density at radius 3 is 2.66 bits per heavy atom. The van der Waals surface area contributed by atoms with Gasteiger partial charge in [-0.05, 0) is 38.1 Å². The van der Waals surface area contributed by atoms with Crippen LogP contribution in [-0.4, -0.2) is 41.3 Å². The van der Waals surface area contributed by atoms with Crippen molar-refractivity contribution in [3.8, 4) is 11.3 Å². The lowest BCUT2D eigenvalue weighted by atomic mass is 9.90. The summed E-state index contributed by atoms with van der Waals surface area (Å²) < 4.78 is 17.3. The van der Waals surface area contributed by atoms with Gasteiger partial charge in [-0.25, -0.2) is 9.48 Å². The Balaban J connectivity index is 1.64. The van der Waals surface area contributed by atoms with Crippen LogP contribution in [0.25, 0.3) is 11.3 Å². The zero-order valence-electron chi connectivity index (χ0n) is 18.0. The molecule has 166 valence electrons. The van der Waals surface area contributed by atoms with Crippen molar-refractivity contribution in [2.45, 2.75) is 32.7 Å². The molecule has 2 aromatic heterocycles. The van der Waals surface area contributed by atoms with Crippen LogP contribution in [0.3, 0.4) is 0 Å². The lowest BCUT2D eigenvalue weighted by Gasteiger charge is -2.22. The summed E-state index contributed by atoms with van der Waals surface area (Å²) in [6.45, 7) is 3.75. The maximum Gasteiger partial charge on any atom is 0.337 e. The number of aryl methyl sites for hydroxylation is 1. The summed E-state index contributed by atoms with van der Waals surface area (Å²) in [6, 6.07) is 10.5. The van der Waals surface area contributed by atoms with Crippen molar-refractivity contribution in [1.29, 1.82) is 0 Å². The summed E-state index contributed by atoms with van der Waals surface area (Å²) >= 11 is 0. The van der Waals surface area contributed by atoms with E-state index in [1.54, 1.807) is 31.2 Å². The molecule has 3 aromatic rings. The van der Waals surface area contributed by atoms with Gasteiger partial charge in [0, 0.05) is 17.5 Å². The number of ether oxygens (including phenoxy) is 2. The first-order valence-electron chi connectivity index (χ1n) is 10.2. The Morgan fingerprint density at radius 2 is 1.97 bits per heavy atom. The van der Waals surface area contributed by atoms with E-state index in [0.29, 0.717) is 28.6 Å². The molecule has 1 aliphatic heterocycles. The molecule has 0 fully saturated rings. The molecule has 1 aromatic carbocycles. The molecule has 32 heavy (non-hydrogen) atoms. The fourth-order valence-electron chi connectivity index (χ4n) is 3.88. The molecule has 0 bridgehead atoms. The number of anilines is 1.